The van der Waals surface area contributed by atoms with Gasteiger partial charge in [-0.2, -0.15) is 0 Å². The molecule has 0 spiro atoms. The molecule has 0 fully saturated rings. The summed E-state index contributed by atoms with van der Waals surface area (Å²) < 4.78 is 11.4. The number of aromatic nitrogens is 1. The maximum atomic E-state index is 12.1. The van der Waals surface area contributed by atoms with Gasteiger partial charge in [-0.15, -0.1) is 0 Å². The summed E-state index contributed by atoms with van der Waals surface area (Å²) in [6.07, 6.45) is 0.661. The second-order valence-corrected chi connectivity index (χ2v) is 5.09. The Morgan fingerprint density at radius 3 is 2.46 bits per heavy atom. The molecule has 6 heteroatoms. The van der Waals surface area contributed by atoms with E-state index in [9.17, 15) is 14.4 Å². The van der Waals surface area contributed by atoms with Crippen molar-refractivity contribution in [1.82, 2.24) is 4.57 Å². The number of benzene rings is 1. The lowest BCUT2D eigenvalue weighted by Crippen LogP contribution is -2.34. The first-order valence-electron chi connectivity index (χ1n) is 7.65. The molecule has 0 aliphatic rings. The largest absolute Gasteiger partial charge is 0.463 e. The van der Waals surface area contributed by atoms with Gasteiger partial charge in [0.25, 0.3) is 5.56 Å². The van der Waals surface area contributed by atoms with Gasteiger partial charge in [-0.1, -0.05) is 36.4 Å². The van der Waals surface area contributed by atoms with Crippen molar-refractivity contribution in [1.29, 1.82) is 0 Å². The summed E-state index contributed by atoms with van der Waals surface area (Å²) in [7, 11) is 0. The van der Waals surface area contributed by atoms with Crippen LogP contribution in [0.5, 0.6) is 0 Å². The Hall–Kier alpha value is -2.89. The molecule has 1 aromatic heterocycles. The van der Waals surface area contributed by atoms with E-state index in [0.717, 1.165) is 5.56 Å². The molecule has 1 atom stereocenters. The van der Waals surface area contributed by atoms with Crippen LogP contribution < -0.4 is 5.56 Å². The third-order valence-electron chi connectivity index (χ3n) is 3.29. The van der Waals surface area contributed by atoms with Crippen LogP contribution in [-0.2, 0) is 32.0 Å². The van der Waals surface area contributed by atoms with E-state index in [4.69, 9.17) is 9.47 Å². The highest BCUT2D eigenvalue weighted by molar-refractivity contribution is 5.79. The van der Waals surface area contributed by atoms with Crippen LogP contribution in [0.3, 0.4) is 0 Å². The van der Waals surface area contributed by atoms with Crippen molar-refractivity contribution in [3.05, 3.63) is 70.6 Å². The monoisotopic (exact) mass is 329 g/mol. The minimum absolute atomic E-state index is 0.194. The predicted octanol–water partition coefficient (Wildman–Crippen LogP) is 1.57. The molecule has 1 aromatic carbocycles. The summed E-state index contributed by atoms with van der Waals surface area (Å²) in [5, 5.41) is 0. The maximum Gasteiger partial charge on any atom is 0.347 e. The Labute approximate surface area is 139 Å². The fourth-order valence-electron chi connectivity index (χ4n) is 2.16. The van der Waals surface area contributed by atoms with Crippen molar-refractivity contribution in [3.63, 3.8) is 0 Å². The molecule has 0 amide bonds. The number of ether oxygens (including phenoxy) is 2. The third-order valence-corrected chi connectivity index (χ3v) is 3.29. The lowest BCUT2D eigenvalue weighted by molar-refractivity contribution is -0.168. The highest BCUT2D eigenvalue weighted by Gasteiger charge is 2.25. The average molecular weight is 329 g/mol. The lowest BCUT2D eigenvalue weighted by Gasteiger charge is -2.17. The highest BCUT2D eigenvalue weighted by Crippen LogP contribution is 2.09. The van der Waals surface area contributed by atoms with E-state index in [0.29, 0.717) is 0 Å². The van der Waals surface area contributed by atoms with Crippen molar-refractivity contribution in [2.45, 2.75) is 26.0 Å². The van der Waals surface area contributed by atoms with Gasteiger partial charge in [0, 0.05) is 18.7 Å². The first kappa shape index (κ1) is 17.5. The van der Waals surface area contributed by atoms with Crippen molar-refractivity contribution < 1.29 is 19.1 Å². The molecule has 0 aliphatic carbocycles. The molecule has 0 aliphatic heterocycles. The normalized spacial score (nSPS) is 11.5. The fourth-order valence-corrected chi connectivity index (χ4v) is 2.16. The first-order valence-corrected chi connectivity index (χ1v) is 7.65. The molecule has 1 unspecified atom stereocenters. The van der Waals surface area contributed by atoms with Crippen LogP contribution >= 0.6 is 0 Å². The second kappa shape index (κ2) is 8.67. The van der Waals surface area contributed by atoms with E-state index in [2.05, 4.69) is 0 Å². The minimum Gasteiger partial charge on any atom is -0.463 e. The number of nitrogens with zero attached hydrogens (tertiary/aromatic N) is 1. The van der Waals surface area contributed by atoms with E-state index in [-0.39, 0.29) is 25.1 Å². The summed E-state index contributed by atoms with van der Waals surface area (Å²) >= 11 is 0. The molecular formula is C18H19NO5. The highest BCUT2D eigenvalue weighted by atomic mass is 16.6. The summed E-state index contributed by atoms with van der Waals surface area (Å²) in [5.74, 6) is -1.27. The molecular weight excluding hydrogens is 310 g/mol. The molecule has 24 heavy (non-hydrogen) atoms. The zero-order valence-corrected chi connectivity index (χ0v) is 13.4. The number of hydrogen-bond acceptors (Lipinski definition) is 5. The average Bonchev–Trinajstić information content (AvgIpc) is 2.57. The van der Waals surface area contributed by atoms with Crippen LogP contribution in [0.25, 0.3) is 0 Å². The predicted molar refractivity (Wildman–Crippen MR) is 87.4 cm³/mol. The van der Waals surface area contributed by atoms with E-state index in [1.165, 1.54) is 16.8 Å². The zero-order chi connectivity index (χ0) is 17.4. The van der Waals surface area contributed by atoms with Gasteiger partial charge in [-0.05, 0) is 18.6 Å². The quantitative estimate of drug-likeness (QED) is 0.721. The summed E-state index contributed by atoms with van der Waals surface area (Å²) in [6.45, 7) is 1.62. The first-order chi connectivity index (χ1) is 11.6. The van der Waals surface area contributed by atoms with Crippen LogP contribution in [0, 0.1) is 0 Å². The van der Waals surface area contributed by atoms with Crippen LogP contribution in [0.2, 0.25) is 0 Å². The maximum absolute atomic E-state index is 12.1. The van der Waals surface area contributed by atoms with Crippen molar-refractivity contribution in [2.75, 3.05) is 6.61 Å². The van der Waals surface area contributed by atoms with E-state index in [1.807, 2.05) is 30.3 Å². The molecule has 0 bridgehead atoms. The van der Waals surface area contributed by atoms with Crippen LogP contribution in [-0.4, -0.2) is 29.2 Å². The number of carbonyl (C=O) groups excluding carboxylic acids is 2. The van der Waals surface area contributed by atoms with Gasteiger partial charge in [0.2, 0.25) is 6.10 Å². The van der Waals surface area contributed by atoms with Crippen molar-refractivity contribution in [2.24, 2.45) is 0 Å². The summed E-state index contributed by atoms with van der Waals surface area (Å²) in [6, 6.07) is 13.8. The van der Waals surface area contributed by atoms with Crippen molar-refractivity contribution >= 4 is 11.9 Å². The number of hydrogen-bond donors (Lipinski definition) is 0. The molecule has 6 nitrogen and oxygen atoms in total. The van der Waals surface area contributed by atoms with Crippen LogP contribution in [0.1, 0.15) is 12.5 Å². The van der Waals surface area contributed by atoms with E-state index in [1.54, 1.807) is 19.1 Å². The molecule has 2 rings (SSSR count). The van der Waals surface area contributed by atoms with Gasteiger partial charge in [0.1, 0.15) is 6.54 Å². The SMILES string of the molecule is CCOC(=O)C(Cc1ccccc1)OC(=O)Cn1ccccc1=O. The molecule has 1 heterocycles. The van der Waals surface area contributed by atoms with Crippen molar-refractivity contribution in [3.8, 4) is 0 Å². The van der Waals surface area contributed by atoms with E-state index < -0.39 is 18.0 Å². The molecule has 2 aromatic rings. The van der Waals surface area contributed by atoms with Gasteiger partial charge in [-0.25, -0.2) is 4.79 Å². The topological polar surface area (TPSA) is 74.6 Å². The molecule has 0 saturated carbocycles. The molecule has 0 N–H and O–H groups in total. The van der Waals surface area contributed by atoms with Crippen LogP contribution in [0.4, 0.5) is 0 Å². The van der Waals surface area contributed by atoms with Gasteiger partial charge in [0.15, 0.2) is 0 Å². The Balaban J connectivity index is 2.06. The summed E-state index contributed by atoms with van der Waals surface area (Å²) in [4.78, 5) is 35.8. The lowest BCUT2D eigenvalue weighted by atomic mass is 10.1. The number of rotatable bonds is 7. The van der Waals surface area contributed by atoms with Gasteiger partial charge >= 0.3 is 11.9 Å². The Kier molecular flexibility index (Phi) is 6.31. The molecule has 126 valence electrons. The molecule has 0 radical (unpaired) electrons. The van der Waals surface area contributed by atoms with Gasteiger partial charge in [-0.3, -0.25) is 9.59 Å². The number of pyridine rings is 1. The van der Waals surface area contributed by atoms with Gasteiger partial charge < -0.3 is 14.0 Å². The molecule has 0 saturated heterocycles. The van der Waals surface area contributed by atoms with Gasteiger partial charge in [0.05, 0.1) is 6.61 Å². The standard InChI is InChI=1S/C18H19NO5/c1-2-23-18(22)15(12-14-8-4-3-5-9-14)24-17(21)13-19-11-7-6-10-16(19)20/h3-11,15H,2,12-13H2,1H3. The fraction of sp³-hybridized carbons (Fsp3) is 0.278. The Morgan fingerprint density at radius 1 is 1.08 bits per heavy atom. The Morgan fingerprint density at radius 2 is 1.79 bits per heavy atom. The third kappa shape index (κ3) is 5.08. The number of carbonyl (C=O) groups is 2. The second-order valence-electron chi connectivity index (χ2n) is 5.09. The Bertz CT molecular complexity index is 738. The minimum atomic E-state index is -1.04. The van der Waals surface area contributed by atoms with Crippen LogP contribution in [0.15, 0.2) is 59.5 Å². The van der Waals surface area contributed by atoms with E-state index >= 15 is 0 Å². The zero-order valence-electron chi connectivity index (χ0n) is 13.4. The summed E-state index contributed by atoms with van der Waals surface area (Å²) in [5.41, 5.74) is 0.533. The smallest absolute Gasteiger partial charge is 0.347 e. The number of esters is 2.